The van der Waals surface area contributed by atoms with Gasteiger partial charge in [-0.05, 0) is 12.1 Å². The zero-order chi connectivity index (χ0) is 9.19. The van der Waals surface area contributed by atoms with Crippen LogP contribution in [0, 0.1) is 0 Å². The Balaban J connectivity index is 3.02. The minimum absolute atomic E-state index is 0.175. The minimum atomic E-state index is -2.97. The summed E-state index contributed by atoms with van der Waals surface area (Å²) in [6, 6.07) is 4.40. The second-order valence-electron chi connectivity index (χ2n) is 2.34. The van der Waals surface area contributed by atoms with E-state index in [1.165, 1.54) is 21.4 Å². The van der Waals surface area contributed by atoms with E-state index in [-0.39, 0.29) is 12.2 Å². The third-order valence-electron chi connectivity index (χ3n) is 1.36. The van der Waals surface area contributed by atoms with Gasteiger partial charge in [-0.15, -0.1) is 0 Å². The van der Waals surface area contributed by atoms with Gasteiger partial charge in [0.15, 0.2) is 0 Å². The third-order valence-corrected chi connectivity index (χ3v) is 1.65. The number of nitrogens with two attached hydrogens (primary N) is 1. The molecule has 2 nitrogen and oxygen atoms in total. The first-order chi connectivity index (χ1) is 5.54. The van der Waals surface area contributed by atoms with Crippen molar-refractivity contribution in [3.63, 3.8) is 0 Å². The summed E-state index contributed by atoms with van der Waals surface area (Å²) in [5.74, 6) is 0. The smallest absolute Gasteiger partial charge is 0.300 e. The Bertz CT molecular complexity index is 272. The third kappa shape index (κ3) is 2.19. The van der Waals surface area contributed by atoms with Crippen molar-refractivity contribution in [1.29, 1.82) is 0 Å². The van der Waals surface area contributed by atoms with E-state index in [0.717, 1.165) is 0 Å². The molecule has 0 aliphatic rings. The Kier molecular flexibility index (Phi) is 2.70. The van der Waals surface area contributed by atoms with E-state index < -0.39 is 5.66 Å². The second-order valence-corrected chi connectivity index (χ2v) is 3.07. The summed E-state index contributed by atoms with van der Waals surface area (Å²) in [5.41, 5.74) is 2.48. The summed E-state index contributed by atoms with van der Waals surface area (Å²) in [6.45, 7) is 0.175. The molecule has 1 unspecified atom stereocenters. The standard InChI is InChI=1S/C7H9F2N2P/c8-7(9,12)6-3-1-2-5(4-10)11-6/h1-3H,4,10,12H2. The quantitative estimate of drug-likeness (QED) is 0.717. The fourth-order valence-corrected chi connectivity index (χ4v) is 0.940. The van der Waals surface area contributed by atoms with Crippen LogP contribution in [0.5, 0.6) is 0 Å². The van der Waals surface area contributed by atoms with Crippen LogP contribution in [0.25, 0.3) is 0 Å². The molecule has 1 aromatic heterocycles. The van der Waals surface area contributed by atoms with E-state index in [2.05, 4.69) is 4.98 Å². The Labute approximate surface area is 71.4 Å². The lowest BCUT2D eigenvalue weighted by Crippen LogP contribution is -2.08. The number of hydrogen-bond acceptors (Lipinski definition) is 2. The maximum Gasteiger partial charge on any atom is 0.300 e. The molecule has 1 aromatic rings. The van der Waals surface area contributed by atoms with Gasteiger partial charge < -0.3 is 5.73 Å². The highest BCUT2D eigenvalue weighted by molar-refractivity contribution is 7.17. The molecule has 0 spiro atoms. The Morgan fingerprint density at radius 3 is 2.67 bits per heavy atom. The molecule has 5 heteroatoms. The average Bonchev–Trinajstić information content (AvgIpc) is 2.03. The molecule has 0 radical (unpaired) electrons. The molecule has 12 heavy (non-hydrogen) atoms. The van der Waals surface area contributed by atoms with Gasteiger partial charge in [0.25, 0.3) is 5.66 Å². The summed E-state index contributed by atoms with van der Waals surface area (Å²) in [6.07, 6.45) is 0. The molecule has 1 heterocycles. The maximum absolute atomic E-state index is 12.6. The number of halogens is 2. The van der Waals surface area contributed by atoms with Gasteiger partial charge in [-0.1, -0.05) is 15.3 Å². The van der Waals surface area contributed by atoms with Gasteiger partial charge in [-0.3, -0.25) is 0 Å². The van der Waals surface area contributed by atoms with Gasteiger partial charge in [-0.25, -0.2) is 4.98 Å². The number of hydrogen-bond donors (Lipinski definition) is 1. The monoisotopic (exact) mass is 190 g/mol. The van der Waals surface area contributed by atoms with Gasteiger partial charge in [-0.2, -0.15) is 8.78 Å². The summed E-state index contributed by atoms with van der Waals surface area (Å²) >= 11 is 0. The van der Waals surface area contributed by atoms with Crippen LogP contribution >= 0.6 is 9.24 Å². The first-order valence-electron chi connectivity index (χ1n) is 3.37. The molecule has 0 saturated carbocycles. The lowest BCUT2D eigenvalue weighted by molar-refractivity contribution is 0.0984. The molecule has 0 fully saturated rings. The highest BCUT2D eigenvalue weighted by Crippen LogP contribution is 2.33. The number of alkyl halides is 2. The fourth-order valence-electron chi connectivity index (χ4n) is 0.779. The van der Waals surface area contributed by atoms with Gasteiger partial charge in [0.2, 0.25) is 0 Å². The second kappa shape index (κ2) is 3.42. The summed E-state index contributed by atoms with van der Waals surface area (Å²) in [7, 11) is 1.44. The highest BCUT2D eigenvalue weighted by Gasteiger charge is 2.25. The van der Waals surface area contributed by atoms with Gasteiger partial charge in [0.1, 0.15) is 5.69 Å². The predicted molar refractivity (Wildman–Crippen MR) is 45.7 cm³/mol. The van der Waals surface area contributed by atoms with Crippen molar-refractivity contribution in [3.8, 4) is 0 Å². The molecule has 1 rings (SSSR count). The van der Waals surface area contributed by atoms with Crippen LogP contribution in [0.2, 0.25) is 0 Å². The molecule has 0 aliphatic heterocycles. The van der Waals surface area contributed by atoms with Crippen LogP contribution in [0.3, 0.4) is 0 Å². The molecule has 2 N–H and O–H groups in total. The molecule has 0 aromatic carbocycles. The fraction of sp³-hybridized carbons (Fsp3) is 0.286. The van der Waals surface area contributed by atoms with Crippen LogP contribution in [-0.2, 0) is 12.2 Å². The van der Waals surface area contributed by atoms with Crippen molar-refractivity contribution in [3.05, 3.63) is 29.6 Å². The van der Waals surface area contributed by atoms with Crippen molar-refractivity contribution >= 4 is 9.24 Å². The lowest BCUT2D eigenvalue weighted by atomic mass is 10.3. The number of aromatic nitrogens is 1. The van der Waals surface area contributed by atoms with Crippen molar-refractivity contribution in [1.82, 2.24) is 4.98 Å². The van der Waals surface area contributed by atoms with Crippen LogP contribution in [0.15, 0.2) is 18.2 Å². The van der Waals surface area contributed by atoms with Crippen molar-refractivity contribution in [2.24, 2.45) is 5.73 Å². The summed E-state index contributed by atoms with van der Waals surface area (Å²) in [4.78, 5) is 3.67. The molecular formula is C7H9F2N2P. The molecular weight excluding hydrogens is 181 g/mol. The van der Waals surface area contributed by atoms with Gasteiger partial charge in [0, 0.05) is 6.54 Å². The van der Waals surface area contributed by atoms with Crippen LogP contribution in [0.4, 0.5) is 8.78 Å². The Hall–Kier alpha value is -0.600. The van der Waals surface area contributed by atoms with Crippen LogP contribution in [0.1, 0.15) is 11.4 Å². The van der Waals surface area contributed by atoms with Crippen molar-refractivity contribution < 1.29 is 8.78 Å². The first-order valence-corrected chi connectivity index (χ1v) is 3.95. The molecule has 0 amide bonds. The van der Waals surface area contributed by atoms with E-state index in [9.17, 15) is 8.78 Å². The summed E-state index contributed by atoms with van der Waals surface area (Å²) < 4.78 is 25.3. The van der Waals surface area contributed by atoms with Crippen molar-refractivity contribution in [2.45, 2.75) is 12.2 Å². The van der Waals surface area contributed by atoms with Crippen molar-refractivity contribution in [2.75, 3.05) is 0 Å². The zero-order valence-electron chi connectivity index (χ0n) is 6.30. The van der Waals surface area contributed by atoms with E-state index in [1.807, 2.05) is 0 Å². The van der Waals surface area contributed by atoms with Crippen LogP contribution in [-0.4, -0.2) is 4.98 Å². The topological polar surface area (TPSA) is 38.9 Å². The van der Waals surface area contributed by atoms with Gasteiger partial charge in [0.05, 0.1) is 5.69 Å². The molecule has 0 bridgehead atoms. The SMILES string of the molecule is NCc1cccc(C(F)(F)P)n1. The lowest BCUT2D eigenvalue weighted by Gasteiger charge is -2.09. The molecule has 66 valence electrons. The predicted octanol–water partition coefficient (Wildman–Crippen LogP) is 1.46. The van der Waals surface area contributed by atoms with E-state index in [1.54, 1.807) is 6.07 Å². The van der Waals surface area contributed by atoms with Gasteiger partial charge >= 0.3 is 0 Å². The number of nitrogens with zero attached hydrogens (tertiary/aromatic N) is 1. The van der Waals surface area contributed by atoms with E-state index in [0.29, 0.717) is 5.69 Å². The Morgan fingerprint density at radius 1 is 1.50 bits per heavy atom. The minimum Gasteiger partial charge on any atom is -0.325 e. The average molecular weight is 190 g/mol. The molecule has 0 aliphatic carbocycles. The molecule has 1 atom stereocenters. The Morgan fingerprint density at radius 2 is 2.17 bits per heavy atom. The molecule has 0 saturated heterocycles. The largest absolute Gasteiger partial charge is 0.325 e. The maximum atomic E-state index is 12.6. The van der Waals surface area contributed by atoms with E-state index >= 15 is 0 Å². The highest BCUT2D eigenvalue weighted by atomic mass is 31.0. The van der Waals surface area contributed by atoms with E-state index in [4.69, 9.17) is 5.73 Å². The summed E-state index contributed by atoms with van der Waals surface area (Å²) in [5, 5.41) is 0. The zero-order valence-corrected chi connectivity index (χ0v) is 7.45. The normalized spacial score (nSPS) is 11.7. The first kappa shape index (κ1) is 9.49. The number of rotatable bonds is 2. The van der Waals surface area contributed by atoms with Crippen LogP contribution < -0.4 is 5.73 Å². The number of pyridine rings is 1.